The van der Waals surface area contributed by atoms with Crippen molar-refractivity contribution >= 4 is 57.9 Å². The summed E-state index contributed by atoms with van der Waals surface area (Å²) in [6.07, 6.45) is 1.70. The zero-order chi connectivity index (χ0) is 28.7. The van der Waals surface area contributed by atoms with Crippen molar-refractivity contribution in [2.24, 2.45) is 0 Å². The fourth-order valence-corrected chi connectivity index (χ4v) is 6.37. The highest BCUT2D eigenvalue weighted by molar-refractivity contribution is 6.46. The number of hydrogen-bond acceptors (Lipinski definition) is 3. The van der Waals surface area contributed by atoms with E-state index in [9.17, 15) is 9.59 Å². The monoisotopic (exact) mass is 565 g/mol. The summed E-state index contributed by atoms with van der Waals surface area (Å²) in [5, 5.41) is 0.518. The van der Waals surface area contributed by atoms with Crippen molar-refractivity contribution < 1.29 is 9.59 Å². The van der Waals surface area contributed by atoms with Crippen LogP contribution in [0, 0.1) is 27.7 Å². The van der Waals surface area contributed by atoms with Gasteiger partial charge in [-0.2, -0.15) is 0 Å². The predicted molar refractivity (Wildman–Crippen MR) is 165 cm³/mol. The molecule has 40 heavy (non-hydrogen) atoms. The number of halogens is 2. The molecule has 200 valence electrons. The van der Waals surface area contributed by atoms with Crippen molar-refractivity contribution in [3.8, 4) is 0 Å². The average Bonchev–Trinajstić information content (AvgIpc) is 3.11. The van der Waals surface area contributed by atoms with Crippen LogP contribution in [0.1, 0.15) is 73.5 Å². The molecule has 0 atom stereocenters. The summed E-state index contributed by atoms with van der Waals surface area (Å²) < 4.78 is 0. The molecule has 0 aromatic heterocycles. The molecular formula is C35H29Cl2NO2. The van der Waals surface area contributed by atoms with Gasteiger partial charge in [-0.15, -0.1) is 0 Å². The van der Waals surface area contributed by atoms with Gasteiger partial charge in [-0.25, -0.2) is 0 Å². The smallest absolute Gasteiger partial charge is 0.197 e. The standard InChI is InChI=1S/C35H29Cl2NO2/c1-18-7-9-30-26(11-18)35(5,6)27-12-19(2)8-10-31(27)38(30)32-14-20(3)22(13-21(32)4)15-25-33(39)23-16-28(36)29(37)17-24(23)34(25)40/h7-17H,1-6H3. The lowest BCUT2D eigenvalue weighted by atomic mass is 9.72. The third kappa shape index (κ3) is 3.95. The number of hydrogen-bond donors (Lipinski definition) is 0. The Labute approximate surface area is 245 Å². The zero-order valence-corrected chi connectivity index (χ0v) is 24.9. The van der Waals surface area contributed by atoms with Crippen LogP contribution in [0.25, 0.3) is 6.08 Å². The lowest BCUT2D eigenvalue weighted by Gasteiger charge is -2.43. The van der Waals surface area contributed by atoms with E-state index in [0.717, 1.165) is 33.8 Å². The summed E-state index contributed by atoms with van der Waals surface area (Å²) >= 11 is 12.3. The average molecular weight is 567 g/mol. The topological polar surface area (TPSA) is 37.4 Å². The minimum absolute atomic E-state index is 0.130. The number of fused-ring (bicyclic) bond motifs is 3. The number of Topliss-reactive ketones (excluding diaryl/α,β-unsaturated/α-hetero) is 2. The van der Waals surface area contributed by atoms with Gasteiger partial charge in [-0.05, 0) is 98.0 Å². The Kier molecular flexibility index (Phi) is 6.10. The molecule has 0 saturated carbocycles. The maximum absolute atomic E-state index is 13.2. The minimum atomic E-state index is -0.327. The van der Waals surface area contributed by atoms with Crippen LogP contribution in [0.3, 0.4) is 0 Å². The molecule has 2 aliphatic rings. The Balaban J connectivity index is 1.50. The van der Waals surface area contributed by atoms with Gasteiger partial charge in [0, 0.05) is 22.2 Å². The molecule has 0 unspecified atom stereocenters. The summed E-state index contributed by atoms with van der Waals surface area (Å²) in [6, 6.07) is 20.5. The number of allylic oxidation sites excluding steroid dienone is 1. The normalized spacial score (nSPS) is 15.2. The molecule has 1 aliphatic heterocycles. The van der Waals surface area contributed by atoms with Gasteiger partial charge in [0.25, 0.3) is 0 Å². The second-order valence-electron chi connectivity index (χ2n) is 11.5. The second kappa shape index (κ2) is 9.19. The molecular weight excluding hydrogens is 537 g/mol. The maximum atomic E-state index is 13.2. The second-order valence-corrected chi connectivity index (χ2v) is 12.3. The van der Waals surface area contributed by atoms with Crippen LogP contribution in [0.15, 0.2) is 66.2 Å². The maximum Gasteiger partial charge on any atom is 0.197 e. The Morgan fingerprint density at radius 1 is 0.650 bits per heavy atom. The highest BCUT2D eigenvalue weighted by atomic mass is 35.5. The molecule has 0 spiro atoms. The number of aryl methyl sites for hydroxylation is 4. The van der Waals surface area contributed by atoms with Crippen molar-refractivity contribution in [1.82, 2.24) is 0 Å². The first-order valence-electron chi connectivity index (χ1n) is 13.3. The number of carbonyl (C=O) groups is 2. The van der Waals surface area contributed by atoms with Gasteiger partial charge in [0.05, 0.1) is 27.0 Å². The summed E-state index contributed by atoms with van der Waals surface area (Å²) in [4.78, 5) is 28.7. The van der Waals surface area contributed by atoms with Crippen LogP contribution < -0.4 is 4.90 Å². The van der Waals surface area contributed by atoms with E-state index in [1.54, 1.807) is 6.08 Å². The molecule has 0 fully saturated rings. The van der Waals surface area contributed by atoms with E-state index in [4.69, 9.17) is 23.2 Å². The molecule has 1 aliphatic carbocycles. The SMILES string of the molecule is Cc1ccc2c(c1)C(C)(C)c1cc(C)ccc1N2c1cc(C)c(C=C2C(=O)c3cc(Cl)c(Cl)cc3C2=O)cc1C. The van der Waals surface area contributed by atoms with Crippen LogP contribution in [0.2, 0.25) is 10.0 Å². The van der Waals surface area contributed by atoms with E-state index in [1.807, 2.05) is 6.92 Å². The zero-order valence-electron chi connectivity index (χ0n) is 23.4. The highest BCUT2D eigenvalue weighted by Gasteiger charge is 2.38. The van der Waals surface area contributed by atoms with Gasteiger partial charge in [0.15, 0.2) is 11.6 Å². The Morgan fingerprint density at radius 2 is 1.15 bits per heavy atom. The molecule has 0 radical (unpaired) electrons. The molecule has 4 aromatic carbocycles. The van der Waals surface area contributed by atoms with Crippen LogP contribution in [0.4, 0.5) is 17.1 Å². The van der Waals surface area contributed by atoms with Gasteiger partial charge in [0.2, 0.25) is 0 Å². The number of benzene rings is 4. The largest absolute Gasteiger partial charge is 0.310 e. The lowest BCUT2D eigenvalue weighted by molar-refractivity contribution is 0.0990. The van der Waals surface area contributed by atoms with E-state index in [2.05, 4.69) is 88.0 Å². The van der Waals surface area contributed by atoms with E-state index in [0.29, 0.717) is 11.1 Å². The van der Waals surface area contributed by atoms with Gasteiger partial charge in [0.1, 0.15) is 0 Å². The van der Waals surface area contributed by atoms with E-state index in [-0.39, 0.29) is 32.6 Å². The fraction of sp³-hybridized carbons (Fsp3) is 0.200. The van der Waals surface area contributed by atoms with Crippen LogP contribution in [-0.4, -0.2) is 11.6 Å². The molecule has 4 aromatic rings. The molecule has 0 amide bonds. The lowest BCUT2D eigenvalue weighted by Crippen LogP contribution is -2.31. The molecule has 0 saturated heterocycles. The van der Waals surface area contributed by atoms with Crippen molar-refractivity contribution in [2.45, 2.75) is 47.0 Å². The van der Waals surface area contributed by atoms with Gasteiger partial charge in [-0.1, -0.05) is 72.4 Å². The molecule has 0 N–H and O–H groups in total. The first-order valence-corrected chi connectivity index (χ1v) is 14.1. The van der Waals surface area contributed by atoms with E-state index >= 15 is 0 Å². The first kappa shape index (κ1) is 26.6. The molecule has 6 rings (SSSR count). The van der Waals surface area contributed by atoms with Crippen LogP contribution in [0.5, 0.6) is 0 Å². The molecule has 3 nitrogen and oxygen atoms in total. The highest BCUT2D eigenvalue weighted by Crippen LogP contribution is 2.53. The van der Waals surface area contributed by atoms with Crippen LogP contribution in [-0.2, 0) is 5.41 Å². The molecule has 5 heteroatoms. The van der Waals surface area contributed by atoms with Gasteiger partial charge < -0.3 is 4.90 Å². The molecule has 1 heterocycles. The summed E-state index contributed by atoms with van der Waals surface area (Å²) in [6.45, 7) is 12.9. The van der Waals surface area contributed by atoms with E-state index in [1.165, 1.54) is 34.4 Å². The number of nitrogens with zero attached hydrogens (tertiary/aromatic N) is 1. The predicted octanol–water partition coefficient (Wildman–Crippen LogP) is 9.80. The quantitative estimate of drug-likeness (QED) is 0.179. The van der Waals surface area contributed by atoms with Crippen molar-refractivity contribution in [3.05, 3.63) is 126 Å². The third-order valence-corrected chi connectivity index (χ3v) is 9.02. The first-order chi connectivity index (χ1) is 18.9. The Hall–Kier alpha value is -3.66. The Bertz CT molecular complexity index is 1730. The number of anilines is 3. The van der Waals surface area contributed by atoms with Crippen molar-refractivity contribution in [3.63, 3.8) is 0 Å². The summed E-state index contributed by atoms with van der Waals surface area (Å²) in [5.41, 5.74) is 11.8. The fourth-order valence-electron chi connectivity index (χ4n) is 6.05. The van der Waals surface area contributed by atoms with E-state index < -0.39 is 0 Å². The third-order valence-electron chi connectivity index (χ3n) is 8.30. The van der Waals surface area contributed by atoms with Crippen molar-refractivity contribution in [2.75, 3.05) is 4.90 Å². The van der Waals surface area contributed by atoms with Gasteiger partial charge in [-0.3, -0.25) is 9.59 Å². The molecule has 0 bridgehead atoms. The van der Waals surface area contributed by atoms with Gasteiger partial charge >= 0.3 is 0 Å². The Morgan fingerprint density at radius 3 is 1.65 bits per heavy atom. The number of rotatable bonds is 2. The number of carbonyl (C=O) groups excluding carboxylic acids is 2. The minimum Gasteiger partial charge on any atom is -0.310 e. The number of ketones is 2. The summed E-state index contributed by atoms with van der Waals surface area (Å²) in [5.74, 6) is -0.655. The van der Waals surface area contributed by atoms with Crippen molar-refractivity contribution in [1.29, 1.82) is 0 Å². The summed E-state index contributed by atoms with van der Waals surface area (Å²) in [7, 11) is 0. The van der Waals surface area contributed by atoms with Crippen LogP contribution >= 0.6 is 23.2 Å².